The number of aliphatic hydroxyl groups is 2. The second kappa shape index (κ2) is 11.3. The Morgan fingerprint density at radius 3 is 1.59 bits per heavy atom. The van der Waals surface area contributed by atoms with Crippen molar-refractivity contribution in [2.75, 3.05) is 18.1 Å². The molecule has 0 spiro atoms. The lowest BCUT2D eigenvalue weighted by molar-refractivity contribution is 0.0984. The van der Waals surface area contributed by atoms with Crippen molar-refractivity contribution in [3.63, 3.8) is 0 Å². The van der Waals surface area contributed by atoms with Gasteiger partial charge in [-0.05, 0) is 62.4 Å². The van der Waals surface area contributed by atoms with Gasteiger partial charge < -0.3 is 25.4 Å². The number of rotatable bonds is 10. The molecule has 2 amide bonds. The molecule has 3 rings (SSSR count). The molecule has 0 aliphatic heterocycles. The van der Waals surface area contributed by atoms with E-state index in [1.54, 1.807) is 62.4 Å². The van der Waals surface area contributed by atoms with E-state index in [-0.39, 0.29) is 18.8 Å². The number of hydrogen-bond donors (Lipinski definition) is 3. The van der Waals surface area contributed by atoms with Gasteiger partial charge >= 0.3 is 0 Å². The van der Waals surface area contributed by atoms with Crippen molar-refractivity contribution in [1.82, 2.24) is 0 Å². The molecule has 178 valence electrons. The standard InChI is InChI=1S/C26H28N2O6/c1-17(15-29)33-23-9-5-3-7-21(23)28(22-8-4-6-10-24(22)34-18(2)16-30)26(32)20-13-11-19(12-14-20)25(27)31/h3-14,17-18,29-30H,15-16H2,1-2H3,(H2,27,31). The Labute approximate surface area is 198 Å². The van der Waals surface area contributed by atoms with Crippen LogP contribution >= 0.6 is 0 Å². The average Bonchev–Trinajstić information content (AvgIpc) is 2.85. The van der Waals surface area contributed by atoms with Gasteiger partial charge in [0.1, 0.15) is 23.7 Å². The summed E-state index contributed by atoms with van der Waals surface area (Å²) < 4.78 is 11.8. The lowest BCUT2D eigenvalue weighted by Gasteiger charge is -2.28. The number of primary amides is 1. The van der Waals surface area contributed by atoms with E-state index in [2.05, 4.69) is 0 Å². The predicted octanol–water partition coefficient (Wildman–Crippen LogP) is 3.28. The van der Waals surface area contributed by atoms with Gasteiger partial charge in [-0.1, -0.05) is 24.3 Å². The van der Waals surface area contributed by atoms with Gasteiger partial charge in [-0.15, -0.1) is 0 Å². The minimum Gasteiger partial charge on any atom is -0.486 e. The summed E-state index contributed by atoms with van der Waals surface area (Å²) in [6.45, 7) is 3.02. The van der Waals surface area contributed by atoms with E-state index in [0.29, 0.717) is 28.4 Å². The maximum atomic E-state index is 13.8. The van der Waals surface area contributed by atoms with Crippen molar-refractivity contribution in [2.45, 2.75) is 26.1 Å². The first-order valence-corrected chi connectivity index (χ1v) is 10.8. The fourth-order valence-corrected chi connectivity index (χ4v) is 3.25. The van der Waals surface area contributed by atoms with Crippen LogP contribution in [0.15, 0.2) is 72.8 Å². The third-order valence-electron chi connectivity index (χ3n) is 5.00. The molecule has 34 heavy (non-hydrogen) atoms. The maximum absolute atomic E-state index is 13.8. The Morgan fingerprint density at radius 1 is 0.765 bits per heavy atom. The van der Waals surface area contributed by atoms with Gasteiger partial charge in [0.2, 0.25) is 5.91 Å². The molecule has 2 unspecified atom stereocenters. The van der Waals surface area contributed by atoms with Crippen LogP contribution in [0.25, 0.3) is 0 Å². The van der Waals surface area contributed by atoms with E-state index >= 15 is 0 Å². The SMILES string of the molecule is CC(CO)Oc1ccccc1N(C(=O)c1ccc(C(N)=O)cc1)c1ccccc1OC(C)CO. The zero-order valence-corrected chi connectivity index (χ0v) is 19.0. The van der Waals surface area contributed by atoms with E-state index in [4.69, 9.17) is 15.2 Å². The summed E-state index contributed by atoms with van der Waals surface area (Å²) in [6.07, 6.45) is -1.01. The fraction of sp³-hybridized carbons (Fsp3) is 0.231. The molecule has 0 saturated heterocycles. The van der Waals surface area contributed by atoms with Crippen molar-refractivity contribution >= 4 is 23.2 Å². The number of amides is 2. The van der Waals surface area contributed by atoms with Crippen LogP contribution in [-0.4, -0.2) is 47.4 Å². The lowest BCUT2D eigenvalue weighted by Crippen LogP contribution is -2.29. The highest BCUT2D eigenvalue weighted by molar-refractivity contribution is 6.12. The Bertz CT molecular complexity index is 1080. The molecule has 2 atom stereocenters. The van der Waals surface area contributed by atoms with Gasteiger partial charge in [0.05, 0.1) is 24.6 Å². The van der Waals surface area contributed by atoms with Gasteiger partial charge in [-0.2, -0.15) is 0 Å². The molecule has 8 heteroatoms. The van der Waals surface area contributed by atoms with Crippen LogP contribution in [0.4, 0.5) is 11.4 Å². The normalized spacial score (nSPS) is 12.5. The number of nitrogens with zero attached hydrogens (tertiary/aromatic N) is 1. The van der Waals surface area contributed by atoms with Crippen molar-refractivity contribution in [3.05, 3.63) is 83.9 Å². The van der Waals surface area contributed by atoms with Crippen LogP contribution < -0.4 is 20.1 Å². The summed E-state index contributed by atoms with van der Waals surface area (Å²) in [5.74, 6) is -0.229. The molecular formula is C26H28N2O6. The Hall–Kier alpha value is -3.88. The van der Waals surface area contributed by atoms with Crippen LogP contribution in [0, 0.1) is 0 Å². The number of nitrogens with two attached hydrogens (primary N) is 1. The highest BCUT2D eigenvalue weighted by Crippen LogP contribution is 2.40. The summed E-state index contributed by atoms with van der Waals surface area (Å²) in [6, 6.07) is 19.9. The quantitative estimate of drug-likeness (QED) is 0.423. The van der Waals surface area contributed by atoms with Gasteiger partial charge in [0.25, 0.3) is 5.91 Å². The van der Waals surface area contributed by atoms with E-state index in [9.17, 15) is 19.8 Å². The van der Waals surface area contributed by atoms with Crippen molar-refractivity contribution < 1.29 is 29.3 Å². The molecule has 0 bridgehead atoms. The van der Waals surface area contributed by atoms with Crippen molar-refractivity contribution in [3.8, 4) is 11.5 Å². The first-order chi connectivity index (χ1) is 16.3. The molecule has 0 heterocycles. The number of carbonyl (C=O) groups excluding carboxylic acids is 2. The largest absolute Gasteiger partial charge is 0.486 e. The Morgan fingerprint density at radius 2 is 1.18 bits per heavy atom. The van der Waals surface area contributed by atoms with E-state index in [1.165, 1.54) is 29.2 Å². The second-order valence-electron chi connectivity index (χ2n) is 7.74. The predicted molar refractivity (Wildman–Crippen MR) is 129 cm³/mol. The molecule has 0 aromatic heterocycles. The van der Waals surface area contributed by atoms with Gasteiger partial charge in [-0.25, -0.2) is 0 Å². The van der Waals surface area contributed by atoms with E-state index in [0.717, 1.165) is 0 Å². The number of benzene rings is 3. The molecule has 0 fully saturated rings. The third kappa shape index (κ3) is 5.72. The van der Waals surface area contributed by atoms with Gasteiger partial charge in [0.15, 0.2) is 0 Å². The zero-order valence-electron chi connectivity index (χ0n) is 19.0. The van der Waals surface area contributed by atoms with Crippen molar-refractivity contribution in [1.29, 1.82) is 0 Å². The summed E-state index contributed by atoms with van der Waals surface area (Å²) in [5, 5.41) is 19.0. The van der Waals surface area contributed by atoms with Crippen LogP contribution in [-0.2, 0) is 0 Å². The second-order valence-corrected chi connectivity index (χ2v) is 7.74. The third-order valence-corrected chi connectivity index (χ3v) is 5.00. The summed E-state index contributed by atoms with van der Waals surface area (Å²) in [4.78, 5) is 26.7. The lowest BCUT2D eigenvalue weighted by atomic mass is 10.1. The molecule has 0 aliphatic carbocycles. The fourth-order valence-electron chi connectivity index (χ4n) is 3.25. The van der Waals surface area contributed by atoms with E-state index < -0.39 is 24.0 Å². The topological polar surface area (TPSA) is 122 Å². The smallest absolute Gasteiger partial charge is 0.263 e. The first-order valence-electron chi connectivity index (χ1n) is 10.8. The van der Waals surface area contributed by atoms with Crippen molar-refractivity contribution in [2.24, 2.45) is 5.73 Å². The van der Waals surface area contributed by atoms with Gasteiger partial charge in [0, 0.05) is 11.1 Å². The number of carbonyl (C=O) groups is 2. The maximum Gasteiger partial charge on any atom is 0.263 e. The molecule has 3 aromatic carbocycles. The van der Waals surface area contributed by atoms with Crippen LogP contribution in [0.1, 0.15) is 34.6 Å². The molecule has 8 nitrogen and oxygen atoms in total. The van der Waals surface area contributed by atoms with Gasteiger partial charge in [-0.3, -0.25) is 14.5 Å². The average molecular weight is 465 g/mol. The zero-order chi connectivity index (χ0) is 24.7. The van der Waals surface area contributed by atoms with Crippen LogP contribution in [0.5, 0.6) is 11.5 Å². The molecule has 4 N–H and O–H groups in total. The summed E-state index contributed by atoms with van der Waals surface area (Å²) >= 11 is 0. The summed E-state index contributed by atoms with van der Waals surface area (Å²) in [5.41, 5.74) is 6.78. The molecule has 3 aromatic rings. The van der Waals surface area contributed by atoms with E-state index in [1.807, 2.05) is 0 Å². The Kier molecular flexibility index (Phi) is 8.24. The van der Waals surface area contributed by atoms with Crippen LogP contribution in [0.2, 0.25) is 0 Å². The number of ether oxygens (including phenoxy) is 2. The first kappa shape index (κ1) is 24.8. The highest BCUT2D eigenvalue weighted by atomic mass is 16.5. The molecular weight excluding hydrogens is 436 g/mol. The minimum absolute atomic E-state index is 0.204. The van der Waals surface area contributed by atoms with Crippen LogP contribution in [0.3, 0.4) is 0 Å². The highest BCUT2D eigenvalue weighted by Gasteiger charge is 2.27. The molecule has 0 radical (unpaired) electrons. The molecule has 0 saturated carbocycles. The monoisotopic (exact) mass is 464 g/mol. The number of hydrogen-bond acceptors (Lipinski definition) is 6. The Balaban J connectivity index is 2.16. The molecule has 0 aliphatic rings. The summed E-state index contributed by atoms with van der Waals surface area (Å²) in [7, 11) is 0. The number of para-hydroxylation sites is 4. The number of aliphatic hydroxyl groups excluding tert-OH is 2. The minimum atomic E-state index is -0.593. The number of anilines is 2.